The lowest BCUT2D eigenvalue weighted by Gasteiger charge is -2.42. The molecule has 0 saturated heterocycles. The van der Waals surface area contributed by atoms with Crippen LogP contribution in [0.4, 0.5) is 0 Å². The molecule has 3 rings (SSSR count). The summed E-state index contributed by atoms with van der Waals surface area (Å²) in [6, 6.07) is 24.6. The predicted molar refractivity (Wildman–Crippen MR) is 108 cm³/mol. The van der Waals surface area contributed by atoms with Crippen molar-refractivity contribution in [2.24, 2.45) is 0 Å². The number of benzene rings is 3. The normalized spacial score (nSPS) is 11.8. The van der Waals surface area contributed by atoms with Crippen LogP contribution in [0.2, 0.25) is 0 Å². The van der Waals surface area contributed by atoms with Crippen molar-refractivity contribution in [2.75, 3.05) is 0 Å². The van der Waals surface area contributed by atoms with E-state index in [1.54, 1.807) is 0 Å². The van der Waals surface area contributed by atoms with E-state index in [2.05, 4.69) is 57.2 Å². The van der Waals surface area contributed by atoms with Crippen LogP contribution < -0.4 is 0 Å². The lowest BCUT2D eigenvalue weighted by molar-refractivity contribution is -0.131. The van der Waals surface area contributed by atoms with Crippen LogP contribution in [0.1, 0.15) is 23.6 Å². The maximum Gasteiger partial charge on any atom is 0.313 e. The number of hydrogen-bond donors (Lipinski definition) is 0. The minimum absolute atomic E-state index is 0.269. The zero-order valence-electron chi connectivity index (χ0n) is 15.7. The smallest absolute Gasteiger partial charge is 0.313 e. The van der Waals surface area contributed by atoms with Crippen molar-refractivity contribution in [1.29, 1.82) is 0 Å². The molecule has 0 aliphatic rings. The van der Waals surface area contributed by atoms with Gasteiger partial charge in [0.05, 0.1) is 0 Å². The third kappa shape index (κ3) is 3.15. The molecule has 3 aromatic carbocycles. The lowest BCUT2D eigenvalue weighted by atomic mass is 10.2. The molecule has 3 aromatic rings. The molecule has 0 amide bonds. The van der Waals surface area contributed by atoms with Crippen molar-refractivity contribution >= 4 is 16.3 Å². The molecule has 0 saturated carbocycles. The van der Waals surface area contributed by atoms with Gasteiger partial charge >= 0.3 is 5.97 Å². The Morgan fingerprint density at radius 3 is 1.23 bits per heavy atom. The van der Waals surface area contributed by atoms with Crippen LogP contribution in [0.3, 0.4) is 0 Å². The first-order chi connectivity index (χ1) is 12.5. The molecule has 0 unspecified atom stereocenters. The second-order valence-electron chi connectivity index (χ2n) is 6.43. The van der Waals surface area contributed by atoms with Gasteiger partial charge in [0.15, 0.2) is 0 Å². The van der Waals surface area contributed by atoms with E-state index >= 15 is 0 Å². The van der Waals surface area contributed by atoms with Crippen LogP contribution >= 0.6 is 10.3 Å². The first kappa shape index (κ1) is 18.3. The van der Waals surface area contributed by atoms with E-state index in [1.807, 2.05) is 36.4 Å². The molecule has 0 N–H and O–H groups in total. The summed E-state index contributed by atoms with van der Waals surface area (Å²) in [6.07, 6.45) is 0. The summed E-state index contributed by atoms with van der Waals surface area (Å²) in [7, 11) is -2.17. The van der Waals surface area contributed by atoms with Crippen LogP contribution in [-0.2, 0) is 8.98 Å². The Hall–Kier alpha value is -2.52. The van der Waals surface area contributed by atoms with E-state index in [0.29, 0.717) is 0 Å². The van der Waals surface area contributed by atoms with Gasteiger partial charge in [-0.15, -0.1) is 0 Å². The van der Waals surface area contributed by atoms with Crippen molar-refractivity contribution in [1.82, 2.24) is 0 Å². The number of carbonyl (C=O) groups excluding carboxylic acids is 1. The summed E-state index contributed by atoms with van der Waals surface area (Å²) in [5, 5.41) is 0. The van der Waals surface area contributed by atoms with Crippen LogP contribution in [-0.4, -0.2) is 5.97 Å². The first-order valence-electron chi connectivity index (χ1n) is 8.67. The van der Waals surface area contributed by atoms with Gasteiger partial charge in [-0.05, 0) is 66.0 Å². The topological polar surface area (TPSA) is 26.3 Å². The van der Waals surface area contributed by atoms with Crippen LogP contribution in [0.15, 0.2) is 87.5 Å². The van der Waals surface area contributed by atoms with Gasteiger partial charge in [-0.25, -0.2) is 0 Å². The van der Waals surface area contributed by atoms with Gasteiger partial charge in [0.25, 0.3) is 0 Å². The second-order valence-corrected chi connectivity index (χ2v) is 9.03. The zero-order valence-corrected chi connectivity index (χ0v) is 16.5. The molecule has 0 fully saturated rings. The van der Waals surface area contributed by atoms with E-state index < -0.39 is 10.3 Å². The van der Waals surface area contributed by atoms with E-state index in [-0.39, 0.29) is 5.97 Å². The van der Waals surface area contributed by atoms with Crippen LogP contribution in [0.5, 0.6) is 0 Å². The van der Waals surface area contributed by atoms with Crippen molar-refractivity contribution < 1.29 is 8.98 Å². The maximum atomic E-state index is 12.3. The average molecular weight is 365 g/mol. The van der Waals surface area contributed by atoms with Gasteiger partial charge in [-0.2, -0.15) is 0 Å². The summed E-state index contributed by atoms with van der Waals surface area (Å²) in [6.45, 7) is 7.74. The summed E-state index contributed by atoms with van der Waals surface area (Å²) >= 11 is 0. The highest BCUT2D eigenvalue weighted by molar-refractivity contribution is 8.30. The molecule has 0 aliphatic carbocycles. The Labute approximate surface area is 157 Å². The Morgan fingerprint density at radius 2 is 0.962 bits per heavy atom. The molecule has 0 aliphatic heterocycles. The van der Waals surface area contributed by atoms with Gasteiger partial charge in [-0.3, -0.25) is 4.79 Å². The molecule has 3 heteroatoms. The Kier molecular flexibility index (Phi) is 5.19. The molecule has 0 atom stereocenters. The number of hydrogen-bond acceptors (Lipinski definition) is 2. The van der Waals surface area contributed by atoms with E-state index in [1.165, 1.54) is 6.92 Å². The fourth-order valence-corrected chi connectivity index (χ4v) is 7.01. The average Bonchev–Trinajstić information content (AvgIpc) is 2.61. The highest BCUT2D eigenvalue weighted by Gasteiger charge is 2.37. The number of rotatable bonds is 4. The molecular formula is C23H24O2S. The third-order valence-corrected chi connectivity index (χ3v) is 8.17. The number of carbonyl (C=O) groups is 1. The first-order valence-corrected chi connectivity index (χ1v) is 10.2. The van der Waals surface area contributed by atoms with E-state index in [4.69, 9.17) is 4.18 Å². The molecule has 134 valence electrons. The highest BCUT2D eigenvalue weighted by Crippen LogP contribution is 2.71. The van der Waals surface area contributed by atoms with E-state index in [9.17, 15) is 4.79 Å². The molecule has 2 nitrogen and oxygen atoms in total. The van der Waals surface area contributed by atoms with Gasteiger partial charge in [0.2, 0.25) is 0 Å². The fraction of sp³-hybridized carbons (Fsp3) is 0.174. The van der Waals surface area contributed by atoms with Gasteiger partial charge in [-0.1, -0.05) is 54.6 Å². The molecule has 0 radical (unpaired) electrons. The molecule has 26 heavy (non-hydrogen) atoms. The summed E-state index contributed by atoms with van der Waals surface area (Å²) < 4.78 is 6.28. The van der Waals surface area contributed by atoms with E-state index in [0.717, 1.165) is 31.4 Å². The summed E-state index contributed by atoms with van der Waals surface area (Å²) in [5.41, 5.74) is 3.36. The van der Waals surface area contributed by atoms with Crippen molar-refractivity contribution in [2.45, 2.75) is 42.4 Å². The number of aryl methyl sites for hydroxylation is 3. The lowest BCUT2D eigenvalue weighted by Crippen LogP contribution is -2.14. The zero-order chi connectivity index (χ0) is 18.7. The van der Waals surface area contributed by atoms with Crippen molar-refractivity contribution in [3.63, 3.8) is 0 Å². The third-order valence-electron chi connectivity index (χ3n) is 4.45. The Bertz CT molecular complexity index is 835. The maximum absolute atomic E-state index is 12.3. The fourth-order valence-electron chi connectivity index (χ4n) is 3.30. The quantitative estimate of drug-likeness (QED) is 0.537. The summed E-state index contributed by atoms with van der Waals surface area (Å²) in [4.78, 5) is 15.5. The predicted octanol–water partition coefficient (Wildman–Crippen LogP) is 6.37. The van der Waals surface area contributed by atoms with Crippen molar-refractivity contribution in [3.8, 4) is 0 Å². The Morgan fingerprint density at radius 1 is 0.654 bits per heavy atom. The highest BCUT2D eigenvalue weighted by atomic mass is 32.3. The van der Waals surface area contributed by atoms with Crippen LogP contribution in [0, 0.1) is 20.8 Å². The molecule has 0 bridgehead atoms. The molecule has 0 heterocycles. The van der Waals surface area contributed by atoms with Crippen LogP contribution in [0.25, 0.3) is 0 Å². The van der Waals surface area contributed by atoms with Gasteiger partial charge in [0.1, 0.15) is 0 Å². The SMILES string of the molecule is CC(=O)OS(c1ccccc1C)(c1ccccc1C)c1ccccc1C. The molecule has 0 aromatic heterocycles. The monoisotopic (exact) mass is 364 g/mol. The Balaban J connectivity index is 2.48. The second kappa shape index (κ2) is 7.38. The van der Waals surface area contributed by atoms with Gasteiger partial charge < -0.3 is 4.18 Å². The minimum atomic E-state index is -2.17. The largest absolute Gasteiger partial charge is 0.402 e. The standard InChI is InChI=1S/C23H24O2S/c1-17-11-5-8-14-21(17)26(25-20(4)24,22-15-9-6-12-18(22)2)23-16-10-7-13-19(23)3/h5-16H,1-4H3. The minimum Gasteiger partial charge on any atom is -0.402 e. The summed E-state index contributed by atoms with van der Waals surface area (Å²) in [5.74, 6) is -0.269. The molecule has 0 spiro atoms. The van der Waals surface area contributed by atoms with Gasteiger partial charge in [0, 0.05) is 21.6 Å². The van der Waals surface area contributed by atoms with Crippen molar-refractivity contribution in [3.05, 3.63) is 89.5 Å². The molecular weight excluding hydrogens is 340 g/mol.